The molecule has 1 aliphatic rings. The minimum absolute atomic E-state index is 0.223. The minimum Gasteiger partial charge on any atom is -0.399 e. The highest BCUT2D eigenvalue weighted by atomic mass is 16.2. The highest BCUT2D eigenvalue weighted by Crippen LogP contribution is 2.21. The van der Waals surface area contributed by atoms with Crippen LogP contribution in [-0.2, 0) is 11.2 Å². The number of likely N-dealkylation sites (N-methyl/N-ethyl adjacent to an activating group) is 1. The van der Waals surface area contributed by atoms with Crippen molar-refractivity contribution in [1.29, 1.82) is 0 Å². The fourth-order valence-electron chi connectivity index (χ4n) is 2.96. The molecule has 2 rings (SSSR count). The Labute approximate surface area is 122 Å². The number of nitrogens with two attached hydrogens (primary N) is 1. The summed E-state index contributed by atoms with van der Waals surface area (Å²) in [4.78, 5) is 14.4. The Morgan fingerprint density at radius 3 is 2.25 bits per heavy atom. The summed E-state index contributed by atoms with van der Waals surface area (Å²) in [6.45, 7) is 0. The van der Waals surface area contributed by atoms with Gasteiger partial charge in [-0.1, -0.05) is 44.2 Å². The molecule has 3 heteroatoms. The molecule has 3 nitrogen and oxygen atoms in total. The van der Waals surface area contributed by atoms with Gasteiger partial charge in [0.2, 0.25) is 5.91 Å². The number of hydrogen-bond donors (Lipinski definition) is 1. The van der Waals surface area contributed by atoms with Gasteiger partial charge in [0.25, 0.3) is 0 Å². The standard InChI is InChI=1S/C17H26N2O/c1-19(16-7-5-3-2-4-6-8-16)17(20)13-14-9-11-15(18)12-10-14/h9-12,16H,2-8,13,18H2,1H3. The van der Waals surface area contributed by atoms with E-state index in [1.807, 2.05) is 36.2 Å². The molecular weight excluding hydrogens is 248 g/mol. The van der Waals surface area contributed by atoms with Crippen LogP contribution in [0.4, 0.5) is 5.69 Å². The Kier molecular flexibility index (Phi) is 5.45. The van der Waals surface area contributed by atoms with E-state index in [4.69, 9.17) is 5.73 Å². The lowest BCUT2D eigenvalue weighted by Gasteiger charge is -2.30. The van der Waals surface area contributed by atoms with Crippen LogP contribution in [0.2, 0.25) is 0 Å². The molecule has 1 fully saturated rings. The topological polar surface area (TPSA) is 46.3 Å². The number of carbonyl (C=O) groups excluding carboxylic acids is 1. The summed E-state index contributed by atoms with van der Waals surface area (Å²) in [5.41, 5.74) is 7.46. The Morgan fingerprint density at radius 1 is 1.10 bits per heavy atom. The summed E-state index contributed by atoms with van der Waals surface area (Å²) >= 11 is 0. The van der Waals surface area contributed by atoms with Crippen LogP contribution < -0.4 is 5.73 Å². The lowest BCUT2D eigenvalue weighted by Crippen LogP contribution is -2.38. The van der Waals surface area contributed by atoms with Crippen LogP contribution in [0.3, 0.4) is 0 Å². The van der Waals surface area contributed by atoms with Gasteiger partial charge in [-0.3, -0.25) is 4.79 Å². The minimum atomic E-state index is 0.223. The summed E-state index contributed by atoms with van der Waals surface area (Å²) in [6, 6.07) is 8.03. The summed E-state index contributed by atoms with van der Waals surface area (Å²) < 4.78 is 0. The molecule has 0 bridgehead atoms. The van der Waals surface area contributed by atoms with Crippen LogP contribution in [0.5, 0.6) is 0 Å². The smallest absolute Gasteiger partial charge is 0.226 e. The van der Waals surface area contributed by atoms with Crippen molar-refractivity contribution >= 4 is 11.6 Å². The van der Waals surface area contributed by atoms with Gasteiger partial charge in [0.1, 0.15) is 0 Å². The van der Waals surface area contributed by atoms with Gasteiger partial charge >= 0.3 is 0 Å². The number of carbonyl (C=O) groups is 1. The molecule has 0 radical (unpaired) electrons. The highest BCUT2D eigenvalue weighted by Gasteiger charge is 2.20. The fraction of sp³-hybridized carbons (Fsp3) is 0.588. The molecule has 20 heavy (non-hydrogen) atoms. The molecule has 0 atom stereocenters. The zero-order valence-corrected chi connectivity index (χ0v) is 12.5. The Morgan fingerprint density at radius 2 is 1.65 bits per heavy atom. The average molecular weight is 274 g/mol. The Balaban J connectivity index is 1.91. The van der Waals surface area contributed by atoms with E-state index in [0.717, 1.165) is 24.1 Å². The van der Waals surface area contributed by atoms with Crippen molar-refractivity contribution in [2.24, 2.45) is 0 Å². The maximum absolute atomic E-state index is 12.4. The first kappa shape index (κ1) is 14.9. The van der Waals surface area contributed by atoms with Gasteiger partial charge in [-0.25, -0.2) is 0 Å². The fourth-order valence-corrected chi connectivity index (χ4v) is 2.96. The summed E-state index contributed by atoms with van der Waals surface area (Å²) in [7, 11) is 1.96. The summed E-state index contributed by atoms with van der Waals surface area (Å²) in [5, 5.41) is 0. The zero-order valence-electron chi connectivity index (χ0n) is 12.5. The van der Waals surface area contributed by atoms with Crippen LogP contribution >= 0.6 is 0 Å². The van der Waals surface area contributed by atoms with Crippen molar-refractivity contribution < 1.29 is 4.79 Å². The SMILES string of the molecule is CN(C(=O)Cc1ccc(N)cc1)C1CCCCCCC1. The molecule has 110 valence electrons. The molecule has 0 aliphatic heterocycles. The van der Waals surface area contributed by atoms with Crippen molar-refractivity contribution in [3.63, 3.8) is 0 Å². The lowest BCUT2D eigenvalue weighted by atomic mass is 9.95. The van der Waals surface area contributed by atoms with Crippen molar-refractivity contribution in [3.05, 3.63) is 29.8 Å². The third-order valence-electron chi connectivity index (χ3n) is 4.35. The van der Waals surface area contributed by atoms with Gasteiger partial charge in [0.15, 0.2) is 0 Å². The Bertz CT molecular complexity index is 419. The predicted octanol–water partition coefficient (Wildman–Crippen LogP) is 3.38. The molecule has 0 unspecified atom stereocenters. The van der Waals surface area contributed by atoms with Gasteiger partial charge in [0, 0.05) is 18.8 Å². The van der Waals surface area contributed by atoms with Crippen LogP contribution in [0.25, 0.3) is 0 Å². The molecule has 0 spiro atoms. The molecular formula is C17H26N2O. The van der Waals surface area contributed by atoms with Crippen molar-refractivity contribution in [2.75, 3.05) is 12.8 Å². The molecule has 1 aliphatic carbocycles. The van der Waals surface area contributed by atoms with Gasteiger partial charge in [-0.15, -0.1) is 0 Å². The summed E-state index contributed by atoms with van der Waals surface area (Å²) in [6.07, 6.45) is 9.29. The molecule has 0 heterocycles. The number of anilines is 1. The molecule has 0 saturated heterocycles. The molecule has 1 saturated carbocycles. The highest BCUT2D eigenvalue weighted by molar-refractivity contribution is 5.79. The normalized spacial score (nSPS) is 17.2. The number of amides is 1. The van der Waals surface area contributed by atoms with E-state index in [9.17, 15) is 4.79 Å². The second-order valence-corrected chi connectivity index (χ2v) is 5.92. The first-order valence-corrected chi connectivity index (χ1v) is 7.77. The lowest BCUT2D eigenvalue weighted by molar-refractivity contribution is -0.131. The second-order valence-electron chi connectivity index (χ2n) is 5.92. The Hall–Kier alpha value is -1.51. The monoisotopic (exact) mass is 274 g/mol. The van der Waals surface area contributed by atoms with E-state index in [1.165, 1.54) is 32.1 Å². The first-order chi connectivity index (χ1) is 9.66. The number of nitrogen functional groups attached to an aromatic ring is 1. The summed E-state index contributed by atoms with van der Waals surface area (Å²) in [5.74, 6) is 0.223. The van der Waals surface area contributed by atoms with E-state index >= 15 is 0 Å². The van der Waals surface area contributed by atoms with Crippen LogP contribution in [-0.4, -0.2) is 23.9 Å². The molecule has 1 amide bonds. The van der Waals surface area contributed by atoms with Crippen molar-refractivity contribution in [1.82, 2.24) is 4.90 Å². The molecule has 1 aromatic rings. The largest absolute Gasteiger partial charge is 0.399 e. The number of hydrogen-bond acceptors (Lipinski definition) is 2. The van der Waals surface area contributed by atoms with Gasteiger partial charge in [-0.05, 0) is 30.5 Å². The van der Waals surface area contributed by atoms with Gasteiger partial charge < -0.3 is 10.6 Å². The quantitative estimate of drug-likeness (QED) is 0.859. The first-order valence-electron chi connectivity index (χ1n) is 7.77. The van der Waals surface area contributed by atoms with Gasteiger partial charge in [0.05, 0.1) is 6.42 Å². The third-order valence-corrected chi connectivity index (χ3v) is 4.35. The van der Waals surface area contributed by atoms with Crippen LogP contribution in [0.15, 0.2) is 24.3 Å². The molecule has 0 aromatic heterocycles. The van der Waals surface area contributed by atoms with E-state index in [2.05, 4.69) is 0 Å². The van der Waals surface area contributed by atoms with E-state index < -0.39 is 0 Å². The van der Waals surface area contributed by atoms with Gasteiger partial charge in [-0.2, -0.15) is 0 Å². The van der Waals surface area contributed by atoms with Crippen LogP contribution in [0, 0.1) is 0 Å². The maximum atomic E-state index is 12.4. The van der Waals surface area contributed by atoms with Crippen molar-refractivity contribution in [2.45, 2.75) is 57.4 Å². The third kappa shape index (κ3) is 4.26. The van der Waals surface area contributed by atoms with Crippen LogP contribution in [0.1, 0.15) is 50.5 Å². The molecule has 1 aromatic carbocycles. The number of nitrogens with zero attached hydrogens (tertiary/aromatic N) is 1. The van der Waals surface area contributed by atoms with E-state index in [0.29, 0.717) is 12.5 Å². The maximum Gasteiger partial charge on any atom is 0.226 e. The number of rotatable bonds is 3. The van der Waals surface area contributed by atoms with E-state index in [1.54, 1.807) is 0 Å². The van der Waals surface area contributed by atoms with E-state index in [-0.39, 0.29) is 5.91 Å². The van der Waals surface area contributed by atoms with Crippen molar-refractivity contribution in [3.8, 4) is 0 Å². The average Bonchev–Trinajstić information content (AvgIpc) is 2.40. The predicted molar refractivity (Wildman–Crippen MR) is 83.4 cm³/mol. The zero-order chi connectivity index (χ0) is 14.4. The molecule has 2 N–H and O–H groups in total. The number of benzene rings is 1. The second kappa shape index (κ2) is 7.32.